The van der Waals surface area contributed by atoms with E-state index in [1.54, 1.807) is 17.5 Å². The van der Waals surface area contributed by atoms with Crippen LogP contribution in [0.5, 0.6) is 0 Å². The highest BCUT2D eigenvalue weighted by molar-refractivity contribution is 7.14. The number of piperazine rings is 1. The van der Waals surface area contributed by atoms with Gasteiger partial charge in [-0.2, -0.15) is 0 Å². The Morgan fingerprint density at radius 1 is 1.14 bits per heavy atom. The van der Waals surface area contributed by atoms with Crippen LogP contribution < -0.4 is 5.32 Å². The van der Waals surface area contributed by atoms with Crippen LogP contribution in [0.1, 0.15) is 15.9 Å². The first-order valence-electron chi connectivity index (χ1n) is 8.80. The fraction of sp³-hybridized carbons (Fsp3) is 0.368. The largest absolute Gasteiger partial charge is 0.465 e. The summed E-state index contributed by atoms with van der Waals surface area (Å²) in [5.74, 6) is -0.590. The monoisotopic (exact) mass is 441 g/mol. The minimum atomic E-state index is -0.453. The third-order valence-electron chi connectivity index (χ3n) is 4.56. The third kappa shape index (κ3) is 5.46. The Kier molecular flexibility index (Phi) is 7.31. The lowest BCUT2D eigenvalue weighted by Crippen LogP contribution is -2.48. The molecule has 28 heavy (non-hydrogen) atoms. The number of amides is 1. The van der Waals surface area contributed by atoms with Crippen molar-refractivity contribution in [3.63, 3.8) is 0 Å². The van der Waals surface area contributed by atoms with E-state index in [0.717, 1.165) is 38.3 Å². The van der Waals surface area contributed by atoms with Crippen molar-refractivity contribution in [2.24, 2.45) is 0 Å². The van der Waals surface area contributed by atoms with Gasteiger partial charge in [-0.25, -0.2) is 4.79 Å². The number of esters is 1. The molecular weight excluding hydrogens is 421 g/mol. The molecule has 1 aliphatic heterocycles. The van der Waals surface area contributed by atoms with Crippen LogP contribution in [0.25, 0.3) is 0 Å². The fourth-order valence-electron chi connectivity index (χ4n) is 3.04. The van der Waals surface area contributed by atoms with Crippen molar-refractivity contribution < 1.29 is 14.3 Å². The second-order valence-corrected chi connectivity index (χ2v) is 8.25. The van der Waals surface area contributed by atoms with E-state index in [1.165, 1.54) is 18.4 Å². The molecule has 0 saturated carbocycles. The third-order valence-corrected chi connectivity index (χ3v) is 5.98. The minimum absolute atomic E-state index is 0.137. The molecule has 1 amide bonds. The minimum Gasteiger partial charge on any atom is -0.465 e. The lowest BCUT2D eigenvalue weighted by Gasteiger charge is -2.34. The van der Waals surface area contributed by atoms with Gasteiger partial charge in [0.1, 0.15) is 5.00 Å². The molecule has 1 N–H and O–H groups in total. The number of carbonyl (C=O) groups excluding carboxylic acids is 2. The van der Waals surface area contributed by atoms with Gasteiger partial charge in [0.25, 0.3) is 0 Å². The van der Waals surface area contributed by atoms with Gasteiger partial charge in [-0.15, -0.1) is 11.3 Å². The van der Waals surface area contributed by atoms with E-state index in [2.05, 4.69) is 15.1 Å². The van der Waals surface area contributed by atoms with E-state index in [1.807, 2.05) is 12.1 Å². The van der Waals surface area contributed by atoms with Crippen molar-refractivity contribution in [3.05, 3.63) is 50.8 Å². The maximum atomic E-state index is 12.3. The molecule has 1 aliphatic rings. The van der Waals surface area contributed by atoms with Gasteiger partial charge in [-0.05, 0) is 29.1 Å². The lowest BCUT2D eigenvalue weighted by molar-refractivity contribution is -0.117. The molecule has 6 nitrogen and oxygen atoms in total. The van der Waals surface area contributed by atoms with E-state index in [0.29, 0.717) is 20.6 Å². The number of halogens is 2. The summed E-state index contributed by atoms with van der Waals surface area (Å²) in [7, 11) is 1.32. The Balaban J connectivity index is 1.47. The SMILES string of the molecule is COC(=O)c1ccsc1NC(=O)CN1CCN(Cc2ccc(Cl)cc2Cl)CC1. The summed E-state index contributed by atoms with van der Waals surface area (Å²) in [5.41, 5.74) is 1.43. The van der Waals surface area contributed by atoms with Gasteiger partial charge in [0.15, 0.2) is 0 Å². The molecule has 0 atom stereocenters. The lowest BCUT2D eigenvalue weighted by atomic mass is 10.2. The number of anilines is 1. The van der Waals surface area contributed by atoms with Crippen LogP contribution in [0, 0.1) is 0 Å². The molecule has 1 aromatic heterocycles. The van der Waals surface area contributed by atoms with Gasteiger partial charge in [0, 0.05) is 42.8 Å². The van der Waals surface area contributed by atoms with Gasteiger partial charge in [0.2, 0.25) is 5.91 Å². The molecule has 2 heterocycles. The smallest absolute Gasteiger partial charge is 0.340 e. The molecule has 1 aromatic carbocycles. The number of methoxy groups -OCH3 is 1. The predicted molar refractivity (Wildman–Crippen MR) is 112 cm³/mol. The second-order valence-electron chi connectivity index (χ2n) is 6.49. The zero-order valence-electron chi connectivity index (χ0n) is 15.4. The standard InChI is InChI=1S/C19H21Cl2N3O3S/c1-27-19(26)15-4-9-28-18(15)22-17(25)12-24-7-5-23(6-8-24)11-13-2-3-14(20)10-16(13)21/h2-4,9-10H,5-8,11-12H2,1H3,(H,22,25). The first-order valence-corrected chi connectivity index (χ1v) is 10.4. The van der Waals surface area contributed by atoms with Crippen molar-refractivity contribution in [2.75, 3.05) is 45.2 Å². The maximum Gasteiger partial charge on any atom is 0.340 e. The van der Waals surface area contributed by atoms with Gasteiger partial charge >= 0.3 is 5.97 Å². The molecule has 0 bridgehead atoms. The summed E-state index contributed by atoms with van der Waals surface area (Å²) in [5, 5.41) is 6.39. The summed E-state index contributed by atoms with van der Waals surface area (Å²) in [6.45, 7) is 4.30. The molecule has 0 spiro atoms. The van der Waals surface area contributed by atoms with Crippen molar-refractivity contribution in [1.29, 1.82) is 0 Å². The van der Waals surface area contributed by atoms with E-state index in [9.17, 15) is 9.59 Å². The van der Waals surface area contributed by atoms with Crippen LogP contribution in [0.3, 0.4) is 0 Å². The van der Waals surface area contributed by atoms with E-state index in [4.69, 9.17) is 27.9 Å². The predicted octanol–water partition coefficient (Wildman–Crippen LogP) is 3.60. The molecule has 150 valence electrons. The Labute approximate surface area is 178 Å². The maximum absolute atomic E-state index is 12.3. The summed E-state index contributed by atoms with van der Waals surface area (Å²) < 4.78 is 4.73. The Bertz CT molecular complexity index is 851. The first kappa shape index (κ1) is 21.1. The molecule has 9 heteroatoms. The highest BCUT2D eigenvalue weighted by Crippen LogP contribution is 2.24. The van der Waals surface area contributed by atoms with Gasteiger partial charge in [-0.3, -0.25) is 14.6 Å². The number of hydrogen-bond acceptors (Lipinski definition) is 6. The number of rotatable bonds is 6. The summed E-state index contributed by atoms with van der Waals surface area (Å²) >= 11 is 13.5. The molecular formula is C19H21Cl2N3O3S. The number of benzene rings is 1. The molecule has 3 rings (SSSR count). The van der Waals surface area contributed by atoms with Gasteiger partial charge in [-0.1, -0.05) is 29.3 Å². The zero-order chi connectivity index (χ0) is 20.1. The number of hydrogen-bond donors (Lipinski definition) is 1. The van der Waals surface area contributed by atoms with Crippen molar-refractivity contribution in [2.45, 2.75) is 6.54 Å². The van der Waals surface area contributed by atoms with Crippen LogP contribution in [-0.4, -0.2) is 61.5 Å². The number of nitrogens with zero attached hydrogens (tertiary/aromatic N) is 2. The average Bonchev–Trinajstić information content (AvgIpc) is 3.13. The van der Waals surface area contributed by atoms with Gasteiger partial charge in [0.05, 0.1) is 19.2 Å². The molecule has 1 fully saturated rings. The Morgan fingerprint density at radius 2 is 1.86 bits per heavy atom. The fourth-order valence-corrected chi connectivity index (χ4v) is 4.30. The summed E-state index contributed by atoms with van der Waals surface area (Å²) in [6.07, 6.45) is 0. The van der Waals surface area contributed by atoms with E-state index >= 15 is 0 Å². The average molecular weight is 442 g/mol. The number of ether oxygens (including phenoxy) is 1. The van der Waals surface area contributed by atoms with Gasteiger partial charge < -0.3 is 10.1 Å². The highest BCUT2D eigenvalue weighted by atomic mass is 35.5. The zero-order valence-corrected chi connectivity index (χ0v) is 17.7. The van der Waals surface area contributed by atoms with Crippen molar-refractivity contribution in [3.8, 4) is 0 Å². The summed E-state index contributed by atoms with van der Waals surface area (Å²) in [4.78, 5) is 28.4. The van der Waals surface area contributed by atoms with Crippen molar-refractivity contribution in [1.82, 2.24) is 9.80 Å². The van der Waals surface area contributed by atoms with Crippen LogP contribution in [0.15, 0.2) is 29.6 Å². The Morgan fingerprint density at radius 3 is 2.54 bits per heavy atom. The van der Waals surface area contributed by atoms with Crippen LogP contribution in [-0.2, 0) is 16.1 Å². The normalized spacial score (nSPS) is 15.4. The molecule has 0 radical (unpaired) electrons. The van der Waals surface area contributed by atoms with Crippen molar-refractivity contribution >= 4 is 51.4 Å². The second kappa shape index (κ2) is 9.71. The topological polar surface area (TPSA) is 61.9 Å². The van der Waals surface area contributed by atoms with Crippen LogP contribution in [0.4, 0.5) is 5.00 Å². The molecule has 1 saturated heterocycles. The molecule has 0 unspecified atom stereocenters. The molecule has 2 aromatic rings. The van der Waals surface area contributed by atoms with E-state index in [-0.39, 0.29) is 12.5 Å². The first-order chi connectivity index (χ1) is 13.5. The quantitative estimate of drug-likeness (QED) is 0.693. The highest BCUT2D eigenvalue weighted by Gasteiger charge is 2.21. The summed E-state index contributed by atoms with van der Waals surface area (Å²) in [6, 6.07) is 7.19. The van der Waals surface area contributed by atoms with E-state index < -0.39 is 5.97 Å². The molecule has 0 aliphatic carbocycles. The van der Waals surface area contributed by atoms with Crippen LogP contribution in [0.2, 0.25) is 10.0 Å². The number of thiophene rings is 1. The number of carbonyl (C=O) groups is 2. The number of nitrogens with one attached hydrogen (secondary N) is 1. The Hall–Kier alpha value is -1.64. The van der Waals surface area contributed by atoms with Crippen LogP contribution >= 0.6 is 34.5 Å².